The quantitative estimate of drug-likeness (QED) is 0.897. The minimum absolute atomic E-state index is 0.325. The van der Waals surface area contributed by atoms with Crippen molar-refractivity contribution in [2.45, 2.75) is 12.5 Å². The molecule has 1 aliphatic heterocycles. The molecule has 2 heterocycles. The molecule has 1 fully saturated rings. The van der Waals surface area contributed by atoms with E-state index in [0.29, 0.717) is 6.04 Å². The average molecular weight is 258 g/mol. The number of aromatic nitrogens is 1. The van der Waals surface area contributed by atoms with Gasteiger partial charge in [-0.1, -0.05) is 12.1 Å². The number of ether oxygens (including phenoxy) is 2. The number of nitrogens with one attached hydrogen (secondary N) is 1. The van der Waals surface area contributed by atoms with Crippen LogP contribution in [0, 0.1) is 0 Å². The van der Waals surface area contributed by atoms with E-state index in [-0.39, 0.29) is 0 Å². The van der Waals surface area contributed by atoms with Crippen LogP contribution in [-0.2, 0) is 4.74 Å². The van der Waals surface area contributed by atoms with Gasteiger partial charge in [0.1, 0.15) is 11.3 Å². The lowest BCUT2D eigenvalue weighted by Crippen LogP contribution is -2.22. The minimum Gasteiger partial charge on any atom is -0.494 e. The molecule has 1 atom stereocenters. The van der Waals surface area contributed by atoms with Crippen molar-refractivity contribution in [2.24, 2.45) is 0 Å². The molecule has 0 spiro atoms. The van der Waals surface area contributed by atoms with E-state index in [9.17, 15) is 0 Å². The standard InChI is InChI=1S/C15H18N2O2/c1-18-14-4-2-3-11-9-12(10-17-15(11)14)13-5-7-19-8-6-16-13/h2-4,9-10,13,16H,5-8H2,1H3. The van der Waals surface area contributed by atoms with Crippen molar-refractivity contribution in [3.8, 4) is 5.75 Å². The first-order valence-corrected chi connectivity index (χ1v) is 6.62. The second kappa shape index (κ2) is 5.55. The van der Waals surface area contributed by atoms with E-state index in [2.05, 4.69) is 22.4 Å². The molecule has 0 amide bonds. The van der Waals surface area contributed by atoms with Crippen molar-refractivity contribution >= 4 is 10.9 Å². The summed E-state index contributed by atoms with van der Waals surface area (Å²) < 4.78 is 10.8. The van der Waals surface area contributed by atoms with E-state index in [4.69, 9.17) is 9.47 Å². The van der Waals surface area contributed by atoms with Gasteiger partial charge in [0.05, 0.1) is 13.7 Å². The number of nitrogens with zero attached hydrogens (tertiary/aromatic N) is 1. The number of fused-ring (bicyclic) bond motifs is 1. The summed E-state index contributed by atoms with van der Waals surface area (Å²) in [5.74, 6) is 0.821. The molecule has 4 heteroatoms. The maximum atomic E-state index is 5.47. The molecule has 4 nitrogen and oxygen atoms in total. The van der Waals surface area contributed by atoms with Gasteiger partial charge in [0.15, 0.2) is 0 Å². The third-order valence-corrected chi connectivity index (χ3v) is 3.51. The van der Waals surface area contributed by atoms with Gasteiger partial charge in [0, 0.05) is 30.8 Å². The zero-order chi connectivity index (χ0) is 13.1. The highest BCUT2D eigenvalue weighted by molar-refractivity contribution is 5.84. The van der Waals surface area contributed by atoms with Crippen LogP contribution in [0.4, 0.5) is 0 Å². The Morgan fingerprint density at radius 3 is 3.21 bits per heavy atom. The average Bonchev–Trinajstić information content (AvgIpc) is 2.75. The molecule has 100 valence electrons. The number of pyridine rings is 1. The van der Waals surface area contributed by atoms with E-state index in [1.165, 1.54) is 5.56 Å². The fourth-order valence-corrected chi connectivity index (χ4v) is 2.50. The van der Waals surface area contributed by atoms with Gasteiger partial charge in [-0.15, -0.1) is 0 Å². The van der Waals surface area contributed by atoms with Crippen LogP contribution in [0.1, 0.15) is 18.0 Å². The molecule has 0 aliphatic carbocycles. The molecule has 0 bridgehead atoms. The van der Waals surface area contributed by atoms with Crippen LogP contribution >= 0.6 is 0 Å². The lowest BCUT2D eigenvalue weighted by atomic mass is 10.0. The summed E-state index contributed by atoms with van der Waals surface area (Å²) in [6, 6.07) is 8.52. The van der Waals surface area contributed by atoms with Crippen molar-refractivity contribution in [2.75, 3.05) is 26.9 Å². The van der Waals surface area contributed by atoms with Gasteiger partial charge in [-0.05, 0) is 24.1 Å². The van der Waals surface area contributed by atoms with E-state index in [0.717, 1.165) is 42.8 Å². The summed E-state index contributed by atoms with van der Waals surface area (Å²) in [4.78, 5) is 4.55. The lowest BCUT2D eigenvalue weighted by Gasteiger charge is -2.16. The Morgan fingerprint density at radius 1 is 1.37 bits per heavy atom. The Kier molecular flexibility index (Phi) is 3.62. The summed E-state index contributed by atoms with van der Waals surface area (Å²) in [7, 11) is 1.68. The number of hydrogen-bond donors (Lipinski definition) is 1. The van der Waals surface area contributed by atoms with Crippen molar-refractivity contribution in [1.82, 2.24) is 10.3 Å². The van der Waals surface area contributed by atoms with Crippen LogP contribution < -0.4 is 10.1 Å². The second-order valence-electron chi connectivity index (χ2n) is 4.71. The van der Waals surface area contributed by atoms with Crippen molar-refractivity contribution in [3.63, 3.8) is 0 Å². The predicted molar refractivity (Wildman–Crippen MR) is 74.5 cm³/mol. The fourth-order valence-electron chi connectivity index (χ4n) is 2.50. The van der Waals surface area contributed by atoms with Crippen LogP contribution in [-0.4, -0.2) is 31.9 Å². The highest BCUT2D eigenvalue weighted by Gasteiger charge is 2.15. The second-order valence-corrected chi connectivity index (χ2v) is 4.71. The maximum Gasteiger partial charge on any atom is 0.145 e. The molecule has 1 aromatic heterocycles. The monoisotopic (exact) mass is 258 g/mol. The highest BCUT2D eigenvalue weighted by Crippen LogP contribution is 2.26. The topological polar surface area (TPSA) is 43.4 Å². The van der Waals surface area contributed by atoms with E-state index in [1.54, 1.807) is 7.11 Å². The van der Waals surface area contributed by atoms with Crippen molar-refractivity contribution in [1.29, 1.82) is 0 Å². The first-order chi connectivity index (χ1) is 9.38. The number of rotatable bonds is 2. The summed E-state index contributed by atoms with van der Waals surface area (Å²) >= 11 is 0. The Labute approximate surface area is 112 Å². The molecular weight excluding hydrogens is 240 g/mol. The summed E-state index contributed by atoms with van der Waals surface area (Å²) in [6.07, 6.45) is 2.92. The lowest BCUT2D eigenvalue weighted by molar-refractivity contribution is 0.150. The number of benzene rings is 1. The number of methoxy groups -OCH3 is 1. The molecule has 0 radical (unpaired) electrons. The molecule has 3 rings (SSSR count). The van der Waals surface area contributed by atoms with Crippen molar-refractivity contribution < 1.29 is 9.47 Å². The maximum absolute atomic E-state index is 5.47. The SMILES string of the molecule is COc1cccc2cc(C3CCOCCN3)cnc12. The van der Waals surface area contributed by atoms with Crippen LogP contribution in [0.5, 0.6) is 5.75 Å². The van der Waals surface area contributed by atoms with Crippen molar-refractivity contribution in [3.05, 3.63) is 36.0 Å². The van der Waals surface area contributed by atoms with Gasteiger partial charge < -0.3 is 14.8 Å². The van der Waals surface area contributed by atoms with Crippen LogP contribution in [0.2, 0.25) is 0 Å². The third-order valence-electron chi connectivity index (χ3n) is 3.51. The zero-order valence-electron chi connectivity index (χ0n) is 11.1. The third kappa shape index (κ3) is 2.55. The first kappa shape index (κ1) is 12.4. The largest absolute Gasteiger partial charge is 0.494 e. The molecule has 1 aliphatic rings. The highest BCUT2D eigenvalue weighted by atomic mass is 16.5. The molecule has 0 saturated carbocycles. The van der Waals surface area contributed by atoms with Gasteiger partial charge in [0.2, 0.25) is 0 Å². The molecule has 1 N–H and O–H groups in total. The Hall–Kier alpha value is -1.65. The molecule has 1 unspecified atom stereocenters. The Morgan fingerprint density at radius 2 is 2.32 bits per heavy atom. The van der Waals surface area contributed by atoms with Gasteiger partial charge in [0.25, 0.3) is 0 Å². The number of hydrogen-bond acceptors (Lipinski definition) is 4. The van der Waals surface area contributed by atoms with Gasteiger partial charge in [-0.25, -0.2) is 0 Å². The summed E-state index contributed by atoms with van der Waals surface area (Å²) in [5.41, 5.74) is 2.13. The first-order valence-electron chi connectivity index (χ1n) is 6.62. The molecule has 19 heavy (non-hydrogen) atoms. The van der Waals surface area contributed by atoms with Gasteiger partial charge >= 0.3 is 0 Å². The van der Waals surface area contributed by atoms with E-state index in [1.807, 2.05) is 18.3 Å². The van der Waals surface area contributed by atoms with E-state index < -0.39 is 0 Å². The normalized spacial score (nSPS) is 20.2. The van der Waals surface area contributed by atoms with Gasteiger partial charge in [-0.2, -0.15) is 0 Å². The zero-order valence-corrected chi connectivity index (χ0v) is 11.1. The molecule has 2 aromatic rings. The fraction of sp³-hybridized carbons (Fsp3) is 0.400. The van der Waals surface area contributed by atoms with Crippen LogP contribution in [0.25, 0.3) is 10.9 Å². The predicted octanol–water partition coefficient (Wildman–Crippen LogP) is 2.29. The van der Waals surface area contributed by atoms with Crippen LogP contribution in [0.3, 0.4) is 0 Å². The number of para-hydroxylation sites is 1. The smallest absolute Gasteiger partial charge is 0.145 e. The van der Waals surface area contributed by atoms with E-state index >= 15 is 0 Å². The summed E-state index contributed by atoms with van der Waals surface area (Å²) in [6.45, 7) is 2.47. The molecule has 1 aromatic carbocycles. The Balaban J connectivity index is 1.97. The summed E-state index contributed by atoms with van der Waals surface area (Å²) in [5, 5.41) is 4.61. The molecular formula is C15H18N2O2. The molecule has 1 saturated heterocycles. The van der Waals surface area contributed by atoms with Gasteiger partial charge in [-0.3, -0.25) is 4.98 Å². The minimum atomic E-state index is 0.325. The Bertz CT molecular complexity index is 563. The van der Waals surface area contributed by atoms with Crippen LogP contribution in [0.15, 0.2) is 30.5 Å².